The molecule has 2 aromatic carbocycles. The average Bonchev–Trinajstić information content (AvgIpc) is 3.29. The van der Waals surface area contributed by atoms with Crippen LogP contribution in [-0.4, -0.2) is 40.0 Å². The van der Waals surface area contributed by atoms with E-state index in [0.29, 0.717) is 20.8 Å². The Kier molecular flexibility index (Phi) is 5.88. The third-order valence-corrected chi connectivity index (χ3v) is 5.81. The van der Waals surface area contributed by atoms with Crippen molar-refractivity contribution in [3.8, 4) is 0 Å². The predicted molar refractivity (Wildman–Crippen MR) is 125 cm³/mol. The smallest absolute Gasteiger partial charge is 0.465 e. The van der Waals surface area contributed by atoms with Crippen molar-refractivity contribution in [1.82, 2.24) is 20.3 Å². The molecule has 1 atom stereocenters. The van der Waals surface area contributed by atoms with E-state index in [0.717, 1.165) is 26.1 Å². The highest BCUT2D eigenvalue weighted by molar-refractivity contribution is 5.96. The standard InChI is InChI=1S/C24H23N7O3/c32-23(26-20-10-12-29(16-20)15-17-5-2-1-3-6-17)18-8-9-21-22(13-18)31(34)28-24(30(21)33)27-19-7-4-11-25-14-19/h1-9,11,13-14,20H,10,12,15-16H2,(H,26,32)(H,27,28). The van der Waals surface area contributed by atoms with E-state index in [1.54, 1.807) is 18.3 Å². The van der Waals surface area contributed by atoms with E-state index in [1.807, 2.05) is 18.2 Å². The second kappa shape index (κ2) is 9.28. The number of rotatable bonds is 6. The van der Waals surface area contributed by atoms with Crippen LogP contribution in [-0.2, 0) is 6.54 Å². The topological polar surface area (TPSA) is 124 Å². The number of hydrogen-bond acceptors (Lipinski definition) is 7. The van der Waals surface area contributed by atoms with Gasteiger partial charge in [-0.3, -0.25) is 14.7 Å². The minimum Gasteiger partial charge on any atom is -0.739 e. The number of nitrogens with one attached hydrogen (secondary N) is 2. The summed E-state index contributed by atoms with van der Waals surface area (Å²) < 4.78 is 0.525. The van der Waals surface area contributed by atoms with Crippen molar-refractivity contribution in [2.24, 2.45) is 0 Å². The van der Waals surface area contributed by atoms with Crippen LogP contribution >= 0.6 is 0 Å². The second-order valence-corrected chi connectivity index (χ2v) is 8.24. The Bertz CT molecular complexity index is 1320. The fraction of sp³-hybridized carbons (Fsp3) is 0.208. The third-order valence-electron chi connectivity index (χ3n) is 5.81. The van der Waals surface area contributed by atoms with E-state index < -0.39 is 0 Å². The Morgan fingerprint density at radius 1 is 1.09 bits per heavy atom. The summed E-state index contributed by atoms with van der Waals surface area (Å²) in [6, 6.07) is 18.0. The molecule has 0 saturated carbocycles. The van der Waals surface area contributed by atoms with Crippen molar-refractivity contribution >= 4 is 28.6 Å². The van der Waals surface area contributed by atoms with Gasteiger partial charge in [0.05, 0.1) is 6.20 Å². The zero-order valence-corrected chi connectivity index (χ0v) is 18.3. The highest BCUT2D eigenvalue weighted by Gasteiger charge is 2.26. The van der Waals surface area contributed by atoms with Crippen molar-refractivity contribution in [2.45, 2.75) is 19.0 Å². The van der Waals surface area contributed by atoms with Gasteiger partial charge in [0.15, 0.2) is 5.52 Å². The lowest BCUT2D eigenvalue weighted by atomic mass is 10.1. The van der Waals surface area contributed by atoms with Gasteiger partial charge in [0.2, 0.25) is 5.10 Å². The molecule has 0 bridgehead atoms. The molecule has 0 spiro atoms. The summed E-state index contributed by atoms with van der Waals surface area (Å²) in [6.45, 7) is 2.48. The SMILES string of the molecule is O=C(NC1CCN(Cc2ccccc2)C1)c1ccc2c(c1)[n+]([O-])nc(Nc1cccnc1)[n+]2[O-]. The Morgan fingerprint density at radius 3 is 2.74 bits per heavy atom. The van der Waals surface area contributed by atoms with Crippen LogP contribution in [0, 0.1) is 10.4 Å². The van der Waals surface area contributed by atoms with Gasteiger partial charge in [0.1, 0.15) is 5.69 Å². The lowest BCUT2D eigenvalue weighted by Gasteiger charge is -2.17. The minimum atomic E-state index is -0.288. The monoisotopic (exact) mass is 457 g/mol. The number of carbonyl (C=O) groups is 1. The van der Waals surface area contributed by atoms with Gasteiger partial charge in [0, 0.05) is 48.3 Å². The molecule has 0 radical (unpaired) electrons. The Hall–Kier alpha value is -4.31. The van der Waals surface area contributed by atoms with Crippen LogP contribution in [0.5, 0.6) is 0 Å². The molecule has 2 N–H and O–H groups in total. The van der Waals surface area contributed by atoms with Gasteiger partial charge in [-0.05, 0) is 36.2 Å². The summed E-state index contributed by atoms with van der Waals surface area (Å²) >= 11 is 0. The van der Waals surface area contributed by atoms with Crippen molar-refractivity contribution in [3.63, 3.8) is 0 Å². The van der Waals surface area contributed by atoms with Crippen LogP contribution in [0.1, 0.15) is 22.3 Å². The van der Waals surface area contributed by atoms with Gasteiger partial charge in [-0.2, -0.15) is 0 Å². The van der Waals surface area contributed by atoms with Gasteiger partial charge in [-0.25, -0.2) is 10.0 Å². The van der Waals surface area contributed by atoms with Crippen LogP contribution in [0.25, 0.3) is 11.0 Å². The van der Waals surface area contributed by atoms with Crippen LogP contribution in [0.3, 0.4) is 0 Å². The molecule has 172 valence electrons. The molecular weight excluding hydrogens is 434 g/mol. The quantitative estimate of drug-likeness (QED) is 0.333. The zero-order valence-electron chi connectivity index (χ0n) is 18.3. The summed E-state index contributed by atoms with van der Waals surface area (Å²) in [6.07, 6.45) is 3.95. The van der Waals surface area contributed by atoms with E-state index in [4.69, 9.17) is 0 Å². The third kappa shape index (κ3) is 4.57. The number of pyridine rings is 1. The van der Waals surface area contributed by atoms with E-state index in [9.17, 15) is 15.2 Å². The lowest BCUT2D eigenvalue weighted by Crippen LogP contribution is -2.44. The average molecular weight is 457 g/mol. The lowest BCUT2D eigenvalue weighted by molar-refractivity contribution is -0.672. The summed E-state index contributed by atoms with van der Waals surface area (Å²) in [5.74, 6) is -0.472. The van der Waals surface area contributed by atoms with Crippen LogP contribution in [0.15, 0.2) is 73.1 Å². The fourth-order valence-electron chi connectivity index (χ4n) is 4.13. The molecule has 1 aliphatic heterocycles. The fourth-order valence-corrected chi connectivity index (χ4v) is 4.13. The molecule has 34 heavy (non-hydrogen) atoms. The van der Waals surface area contributed by atoms with Gasteiger partial charge in [-0.15, -0.1) is 0 Å². The number of hydrogen-bond donors (Lipinski definition) is 2. The molecule has 1 aliphatic rings. The van der Waals surface area contributed by atoms with Gasteiger partial charge in [-0.1, -0.05) is 30.3 Å². The van der Waals surface area contributed by atoms with E-state index in [-0.39, 0.29) is 28.9 Å². The van der Waals surface area contributed by atoms with Gasteiger partial charge < -0.3 is 15.7 Å². The second-order valence-electron chi connectivity index (χ2n) is 8.24. The Morgan fingerprint density at radius 2 is 1.94 bits per heavy atom. The molecule has 1 unspecified atom stereocenters. The number of aromatic nitrogens is 4. The molecule has 4 aromatic rings. The first-order valence-corrected chi connectivity index (χ1v) is 11.0. The normalized spacial score (nSPS) is 15.9. The van der Waals surface area contributed by atoms with Crippen LogP contribution in [0.2, 0.25) is 0 Å². The number of carbonyl (C=O) groups excluding carboxylic acids is 1. The molecule has 5 rings (SSSR count). The molecular formula is C24H23N7O3. The highest BCUT2D eigenvalue weighted by Crippen LogP contribution is 2.16. The van der Waals surface area contributed by atoms with Crippen molar-refractivity contribution < 1.29 is 14.4 Å². The number of nitrogens with zero attached hydrogens (tertiary/aromatic N) is 5. The molecule has 1 amide bonds. The molecule has 3 heterocycles. The van der Waals surface area contributed by atoms with Crippen LogP contribution in [0.4, 0.5) is 11.6 Å². The van der Waals surface area contributed by atoms with Gasteiger partial charge >= 0.3 is 5.95 Å². The van der Waals surface area contributed by atoms with Crippen LogP contribution < -0.4 is 20.2 Å². The summed E-state index contributed by atoms with van der Waals surface area (Å²) in [4.78, 5) is 19.5. The highest BCUT2D eigenvalue weighted by atomic mass is 16.5. The number of anilines is 2. The first kappa shape index (κ1) is 21.5. The largest absolute Gasteiger partial charge is 0.739 e. The maximum atomic E-state index is 12.8. The molecule has 2 aromatic heterocycles. The Labute approximate surface area is 195 Å². The Balaban J connectivity index is 1.29. The first-order valence-electron chi connectivity index (χ1n) is 11.0. The first-order chi connectivity index (χ1) is 16.6. The van der Waals surface area contributed by atoms with Crippen molar-refractivity contribution in [3.05, 3.63) is 94.6 Å². The van der Waals surface area contributed by atoms with Crippen molar-refractivity contribution in [1.29, 1.82) is 0 Å². The molecule has 10 heteroatoms. The number of fused-ring (bicyclic) bond motifs is 1. The molecule has 1 saturated heterocycles. The number of likely N-dealkylation sites (tertiary alicyclic amines) is 1. The number of amides is 1. The maximum Gasteiger partial charge on any atom is 0.465 e. The zero-order chi connectivity index (χ0) is 23.5. The van der Waals surface area contributed by atoms with Gasteiger partial charge in [0.25, 0.3) is 11.4 Å². The van der Waals surface area contributed by atoms with Crippen molar-refractivity contribution in [2.75, 3.05) is 18.4 Å². The maximum absolute atomic E-state index is 12.8. The number of benzene rings is 2. The minimum absolute atomic E-state index is 0.0107. The summed E-state index contributed by atoms with van der Waals surface area (Å²) in [7, 11) is 0. The van der Waals surface area contributed by atoms with E-state index in [2.05, 4.69) is 37.7 Å². The van der Waals surface area contributed by atoms with E-state index in [1.165, 1.54) is 30.0 Å². The molecule has 1 fully saturated rings. The predicted octanol–water partition coefficient (Wildman–Crippen LogP) is 1.64. The summed E-state index contributed by atoms with van der Waals surface area (Å²) in [5.41, 5.74) is 2.17. The summed E-state index contributed by atoms with van der Waals surface area (Å²) in [5, 5.41) is 34.9. The molecule has 0 aliphatic carbocycles. The molecule has 10 nitrogen and oxygen atoms in total. The van der Waals surface area contributed by atoms with E-state index >= 15 is 0 Å².